The van der Waals surface area contributed by atoms with E-state index in [0.717, 1.165) is 7.87 Å². The van der Waals surface area contributed by atoms with Crippen molar-refractivity contribution in [1.82, 2.24) is 0 Å². The van der Waals surface area contributed by atoms with Gasteiger partial charge in [0.2, 0.25) is 0 Å². The summed E-state index contributed by atoms with van der Waals surface area (Å²) in [5.41, 5.74) is 0. The van der Waals surface area contributed by atoms with Crippen LogP contribution in [0.15, 0.2) is 5.80 Å². The summed E-state index contributed by atoms with van der Waals surface area (Å²) in [6.45, 7) is 2.28. The van der Waals surface area contributed by atoms with Crippen molar-refractivity contribution >= 4 is 23.3 Å². The molecule has 13 heavy (non-hydrogen) atoms. The fourth-order valence-corrected chi connectivity index (χ4v) is 7.17. The summed E-state index contributed by atoms with van der Waals surface area (Å²) in [6.07, 6.45) is 9.97. The standard InChI is InChI=1S/C10H19P3/c1-2-3-4-5-6-7-8-10-9-11-13-12-10/h9,11H,2-8H2,1H3. The van der Waals surface area contributed by atoms with Crippen LogP contribution in [-0.4, -0.2) is 0 Å². The van der Waals surface area contributed by atoms with E-state index in [1.165, 1.54) is 44.9 Å². The van der Waals surface area contributed by atoms with Crippen LogP contribution in [0.25, 0.3) is 0 Å². The van der Waals surface area contributed by atoms with Crippen LogP contribution >= 0.6 is 23.3 Å². The molecule has 1 unspecified atom stereocenters. The predicted molar refractivity (Wildman–Crippen MR) is 68.0 cm³/mol. The maximum absolute atomic E-state index is 2.47. The molecular weight excluding hydrogens is 213 g/mol. The van der Waals surface area contributed by atoms with Gasteiger partial charge in [-0.05, 0) is 39.4 Å². The van der Waals surface area contributed by atoms with Crippen molar-refractivity contribution in [2.24, 2.45) is 0 Å². The van der Waals surface area contributed by atoms with E-state index >= 15 is 0 Å². The normalized spacial score (nSPS) is 12.4. The topological polar surface area (TPSA) is 0 Å². The Hall–Kier alpha value is 0.640. The molecule has 1 aromatic heterocycles. The van der Waals surface area contributed by atoms with Gasteiger partial charge in [0, 0.05) is 0 Å². The molecule has 0 fully saturated rings. The third kappa shape index (κ3) is 5.85. The highest BCUT2D eigenvalue weighted by molar-refractivity contribution is 8.17. The molecule has 1 rings (SSSR count). The maximum Gasteiger partial charge on any atom is -0.0118 e. The molecule has 0 amide bonds. The van der Waals surface area contributed by atoms with Crippen LogP contribution in [0.4, 0.5) is 0 Å². The van der Waals surface area contributed by atoms with E-state index in [1.54, 1.807) is 20.7 Å². The Labute approximate surface area is 86.6 Å². The Balaban J connectivity index is 1.90. The molecule has 0 saturated carbocycles. The van der Waals surface area contributed by atoms with E-state index in [0.29, 0.717) is 0 Å². The van der Waals surface area contributed by atoms with Crippen molar-refractivity contribution in [3.63, 3.8) is 0 Å². The van der Waals surface area contributed by atoms with Crippen LogP contribution in [0.1, 0.15) is 50.7 Å². The molecule has 1 atom stereocenters. The Morgan fingerprint density at radius 2 is 1.92 bits per heavy atom. The second-order valence-electron chi connectivity index (χ2n) is 3.48. The largest absolute Gasteiger partial charge is 0.105 e. The van der Waals surface area contributed by atoms with Gasteiger partial charge in [0.15, 0.2) is 0 Å². The molecular formula is C10H19P3. The molecule has 0 N–H and O–H groups in total. The van der Waals surface area contributed by atoms with Gasteiger partial charge in [-0.15, -0.1) is 7.87 Å². The van der Waals surface area contributed by atoms with Crippen LogP contribution in [0.3, 0.4) is 0 Å². The molecule has 0 saturated heterocycles. The first kappa shape index (κ1) is 11.7. The zero-order valence-corrected chi connectivity index (χ0v) is 11.2. The number of rotatable bonds is 7. The lowest BCUT2D eigenvalue weighted by Gasteiger charge is -1.98. The lowest BCUT2D eigenvalue weighted by atomic mass is 10.1. The van der Waals surface area contributed by atoms with Crippen molar-refractivity contribution in [2.45, 2.75) is 51.9 Å². The molecule has 0 aliphatic heterocycles. The average molecular weight is 232 g/mol. The van der Waals surface area contributed by atoms with Crippen LogP contribution in [0.2, 0.25) is 0 Å². The minimum absolute atomic E-state index is 1.10. The molecule has 0 aliphatic rings. The zero-order valence-electron chi connectivity index (χ0n) is 8.42. The molecule has 1 heterocycles. The number of unbranched alkanes of at least 4 members (excludes halogenated alkanes) is 5. The lowest BCUT2D eigenvalue weighted by molar-refractivity contribution is 0.609. The van der Waals surface area contributed by atoms with Crippen molar-refractivity contribution in [3.05, 3.63) is 11.1 Å². The highest BCUT2D eigenvalue weighted by Crippen LogP contribution is 2.37. The van der Waals surface area contributed by atoms with E-state index in [2.05, 4.69) is 12.7 Å². The van der Waals surface area contributed by atoms with E-state index in [-0.39, 0.29) is 0 Å². The van der Waals surface area contributed by atoms with E-state index in [4.69, 9.17) is 0 Å². The summed E-state index contributed by atoms with van der Waals surface area (Å²) in [7, 11) is 4.34. The summed E-state index contributed by atoms with van der Waals surface area (Å²) in [5.74, 6) is 2.47. The number of hydrogen-bond donors (Lipinski definition) is 0. The number of hydrogen-bond acceptors (Lipinski definition) is 0. The molecule has 0 nitrogen and oxygen atoms in total. The summed E-state index contributed by atoms with van der Waals surface area (Å²) in [6, 6.07) is 0. The molecule has 0 radical (unpaired) electrons. The smallest absolute Gasteiger partial charge is 0.0118 e. The zero-order chi connectivity index (χ0) is 9.36. The quantitative estimate of drug-likeness (QED) is 0.522. The van der Waals surface area contributed by atoms with E-state index in [1.807, 2.05) is 0 Å². The van der Waals surface area contributed by atoms with Crippen LogP contribution in [0.5, 0.6) is 0 Å². The fraction of sp³-hybridized carbons (Fsp3) is 0.800. The fourth-order valence-electron chi connectivity index (χ4n) is 1.43. The predicted octanol–water partition coefficient (Wildman–Crippen LogP) is 5.78. The molecule has 0 spiro atoms. The second-order valence-corrected chi connectivity index (χ2v) is 8.78. The Kier molecular flexibility index (Phi) is 7.20. The van der Waals surface area contributed by atoms with Gasteiger partial charge in [-0.2, -0.15) is 0 Å². The van der Waals surface area contributed by atoms with Crippen LogP contribution < -0.4 is 0 Å². The highest BCUT2D eigenvalue weighted by atomic mass is 32.1. The van der Waals surface area contributed by atoms with Gasteiger partial charge >= 0.3 is 0 Å². The average Bonchev–Trinajstić information content (AvgIpc) is 2.63. The van der Waals surface area contributed by atoms with Gasteiger partial charge in [-0.1, -0.05) is 39.0 Å². The van der Waals surface area contributed by atoms with Crippen molar-refractivity contribution in [3.8, 4) is 0 Å². The van der Waals surface area contributed by atoms with Gasteiger partial charge in [-0.3, -0.25) is 0 Å². The molecule has 1 aromatic rings. The third-order valence-corrected chi connectivity index (χ3v) is 7.54. The van der Waals surface area contributed by atoms with Crippen molar-refractivity contribution in [1.29, 1.82) is 0 Å². The minimum atomic E-state index is 1.10. The highest BCUT2D eigenvalue weighted by Gasteiger charge is 1.93. The summed E-state index contributed by atoms with van der Waals surface area (Å²) >= 11 is 0. The van der Waals surface area contributed by atoms with Crippen LogP contribution in [0, 0.1) is 0 Å². The Bertz CT molecular complexity index is 194. The molecule has 3 heteroatoms. The maximum atomic E-state index is 2.47. The Morgan fingerprint density at radius 1 is 1.15 bits per heavy atom. The molecule has 0 aliphatic carbocycles. The molecule has 74 valence electrons. The summed E-state index contributed by atoms with van der Waals surface area (Å²) < 4.78 is 0. The first-order valence-corrected chi connectivity index (χ1v) is 9.70. The van der Waals surface area contributed by atoms with E-state index in [9.17, 15) is 0 Å². The summed E-state index contributed by atoms with van der Waals surface area (Å²) in [5, 5.41) is 1.72. The first-order chi connectivity index (χ1) is 6.43. The molecule has 0 bridgehead atoms. The van der Waals surface area contributed by atoms with Gasteiger partial charge in [0.25, 0.3) is 0 Å². The minimum Gasteiger partial charge on any atom is -0.105 e. The van der Waals surface area contributed by atoms with Crippen LogP contribution in [-0.2, 0) is 6.42 Å². The molecule has 0 aromatic carbocycles. The Morgan fingerprint density at radius 3 is 2.62 bits per heavy atom. The first-order valence-electron chi connectivity index (χ1n) is 5.29. The number of aryl methyl sites for hydroxylation is 1. The van der Waals surface area contributed by atoms with Gasteiger partial charge in [0.1, 0.15) is 0 Å². The SMILES string of the molecule is CCCCCCCCc1c[pH]pp1. The second kappa shape index (κ2) is 7.99. The van der Waals surface area contributed by atoms with Gasteiger partial charge in [0.05, 0.1) is 0 Å². The van der Waals surface area contributed by atoms with Gasteiger partial charge in [-0.25, -0.2) is 0 Å². The monoisotopic (exact) mass is 232 g/mol. The lowest BCUT2D eigenvalue weighted by Crippen LogP contribution is -1.81. The van der Waals surface area contributed by atoms with Crippen molar-refractivity contribution in [2.75, 3.05) is 0 Å². The van der Waals surface area contributed by atoms with Crippen molar-refractivity contribution < 1.29 is 0 Å². The van der Waals surface area contributed by atoms with E-state index < -0.39 is 0 Å². The third-order valence-electron chi connectivity index (χ3n) is 2.25. The van der Waals surface area contributed by atoms with Gasteiger partial charge < -0.3 is 0 Å². The summed E-state index contributed by atoms with van der Waals surface area (Å²) in [4.78, 5) is 0.